The molecule has 0 aromatic heterocycles. The van der Waals surface area contributed by atoms with Gasteiger partial charge in [-0.3, -0.25) is 4.79 Å². The van der Waals surface area contributed by atoms with Crippen molar-refractivity contribution in [3.05, 3.63) is 11.1 Å². The minimum absolute atomic E-state index is 0.0448. The lowest BCUT2D eigenvalue weighted by atomic mass is 9.56. The molecule has 130 valence electrons. The summed E-state index contributed by atoms with van der Waals surface area (Å²) in [7, 11) is 0. The van der Waals surface area contributed by atoms with E-state index in [2.05, 4.69) is 6.92 Å². The minimum atomic E-state index is -0.446. The molecule has 2 unspecified atom stereocenters. The third-order valence-corrected chi connectivity index (χ3v) is 8.11. The van der Waals surface area contributed by atoms with Gasteiger partial charge in [-0.2, -0.15) is 0 Å². The van der Waals surface area contributed by atoms with E-state index in [1.165, 1.54) is 12.8 Å². The van der Waals surface area contributed by atoms with Gasteiger partial charge in [-0.25, -0.2) is 0 Å². The van der Waals surface area contributed by atoms with Crippen molar-refractivity contribution in [3.63, 3.8) is 0 Å². The highest BCUT2D eigenvalue weighted by Crippen LogP contribution is 2.64. The van der Waals surface area contributed by atoms with Crippen molar-refractivity contribution in [3.8, 4) is 0 Å². The molecule has 6 atom stereocenters. The predicted molar refractivity (Wildman–Crippen MR) is 86.0 cm³/mol. The van der Waals surface area contributed by atoms with Crippen molar-refractivity contribution in [1.29, 1.82) is 0 Å². The van der Waals surface area contributed by atoms with Crippen LogP contribution < -0.4 is 0 Å². The van der Waals surface area contributed by atoms with Crippen molar-refractivity contribution in [2.45, 2.75) is 83.1 Å². The third-order valence-electron chi connectivity index (χ3n) is 8.11. The molecule has 2 heterocycles. The number of rotatable bonds is 0. The van der Waals surface area contributed by atoms with Crippen LogP contribution >= 0.6 is 0 Å². The zero-order chi connectivity index (χ0) is 16.3. The lowest BCUT2D eigenvalue weighted by molar-refractivity contribution is -0.455. The molecule has 0 aromatic carbocycles. The minimum Gasteiger partial charge on any atom is -0.359 e. The molecule has 2 saturated heterocycles. The third kappa shape index (κ3) is 1.59. The van der Waals surface area contributed by atoms with Gasteiger partial charge >= 0.3 is 0 Å². The number of Topliss-reactive ketones (excluding diaryl/α,β-unsaturated/α-hetero) is 1. The topological polar surface area (TPSA) is 48.1 Å². The van der Waals surface area contributed by atoms with Gasteiger partial charge in [0.1, 0.15) is 18.0 Å². The summed E-state index contributed by atoms with van der Waals surface area (Å²) >= 11 is 0. The highest BCUT2D eigenvalue weighted by molar-refractivity contribution is 5.87. The summed E-state index contributed by atoms with van der Waals surface area (Å²) in [5.41, 5.74) is 3.21. The number of allylic oxidation sites excluding steroid dienone is 1. The molecule has 0 N–H and O–H groups in total. The van der Waals surface area contributed by atoms with Crippen LogP contribution in [0.2, 0.25) is 0 Å². The van der Waals surface area contributed by atoms with E-state index in [9.17, 15) is 4.79 Å². The van der Waals surface area contributed by atoms with Crippen LogP contribution in [0.15, 0.2) is 11.1 Å². The number of epoxide rings is 1. The second kappa shape index (κ2) is 4.33. The number of ketones is 1. The summed E-state index contributed by atoms with van der Waals surface area (Å²) in [6.07, 6.45) is 7.72. The van der Waals surface area contributed by atoms with E-state index in [0.717, 1.165) is 32.1 Å². The maximum absolute atomic E-state index is 12.4. The molecular formula is C20H26O4. The number of hydrogen-bond donors (Lipinski definition) is 0. The first-order valence-electron chi connectivity index (χ1n) is 9.79. The Bertz CT molecular complexity index is 661. The van der Waals surface area contributed by atoms with Gasteiger partial charge in [-0.15, -0.1) is 0 Å². The molecule has 4 heteroatoms. The molecule has 4 nitrogen and oxygen atoms in total. The highest BCUT2D eigenvalue weighted by Gasteiger charge is 2.69. The molecule has 4 aliphatic carbocycles. The molecular weight excluding hydrogens is 304 g/mol. The second-order valence-corrected chi connectivity index (χ2v) is 9.14. The molecule has 2 aliphatic heterocycles. The number of carbonyl (C=O) groups excluding carboxylic acids is 1. The normalized spacial score (nSPS) is 57.8. The quantitative estimate of drug-likeness (QED) is 0.505. The van der Waals surface area contributed by atoms with Crippen LogP contribution in [0, 0.1) is 23.2 Å². The molecule has 1 spiro atoms. The standard InChI is InChI=1S/C20H26O4/c1-10-23-20(24-10)9-11-3-4-12-13(16(11)17-18(20)22-17)7-8-19(2)14(12)5-6-15(19)21/h10-12,14,17-18H,3-9H2,1-2H3/t10?,11-,12+,14-,17?,18?,19-,20?/m0/s1. The lowest BCUT2D eigenvalue weighted by Crippen LogP contribution is -2.60. The second-order valence-electron chi connectivity index (χ2n) is 9.14. The van der Waals surface area contributed by atoms with Crippen LogP contribution in [-0.2, 0) is 19.0 Å². The van der Waals surface area contributed by atoms with Gasteiger partial charge in [0.25, 0.3) is 0 Å². The molecule has 0 amide bonds. The number of hydrogen-bond acceptors (Lipinski definition) is 4. The summed E-state index contributed by atoms with van der Waals surface area (Å²) in [4.78, 5) is 12.4. The monoisotopic (exact) mass is 330 g/mol. The SMILES string of the molecule is CC1OC2(C[C@@H]3CC[C@@H]4C(=C3C3OC32)CC[C@]2(C)C(=O)CC[C@@H]42)O1. The zero-order valence-corrected chi connectivity index (χ0v) is 14.5. The summed E-state index contributed by atoms with van der Waals surface area (Å²) in [5, 5.41) is 0. The van der Waals surface area contributed by atoms with Crippen LogP contribution in [0.4, 0.5) is 0 Å². The van der Waals surface area contributed by atoms with Gasteiger partial charge in [0.2, 0.25) is 5.79 Å². The van der Waals surface area contributed by atoms with Gasteiger partial charge in [-0.05, 0) is 62.4 Å². The molecule has 6 aliphatic rings. The first-order valence-corrected chi connectivity index (χ1v) is 9.79. The Balaban J connectivity index is 1.36. The van der Waals surface area contributed by atoms with E-state index in [0.29, 0.717) is 23.5 Å². The molecule has 0 radical (unpaired) electrons. The van der Waals surface area contributed by atoms with Crippen molar-refractivity contribution < 1.29 is 19.0 Å². The number of carbonyl (C=O) groups is 1. The van der Waals surface area contributed by atoms with Gasteiger partial charge in [0.15, 0.2) is 6.29 Å². The lowest BCUT2D eigenvalue weighted by Gasteiger charge is -2.52. The average Bonchev–Trinajstić information content (AvgIpc) is 3.27. The Morgan fingerprint density at radius 2 is 1.96 bits per heavy atom. The van der Waals surface area contributed by atoms with E-state index in [4.69, 9.17) is 14.2 Å². The summed E-state index contributed by atoms with van der Waals surface area (Å²) in [5.74, 6) is 1.84. The molecule has 6 rings (SSSR count). The van der Waals surface area contributed by atoms with E-state index in [1.54, 1.807) is 11.1 Å². The Morgan fingerprint density at radius 3 is 2.75 bits per heavy atom. The van der Waals surface area contributed by atoms with E-state index in [-0.39, 0.29) is 23.9 Å². The fraction of sp³-hybridized carbons (Fsp3) is 0.850. The predicted octanol–water partition coefficient (Wildman–Crippen LogP) is 3.35. The van der Waals surface area contributed by atoms with Gasteiger partial charge in [0.05, 0.1) is 0 Å². The van der Waals surface area contributed by atoms with Gasteiger partial charge in [0, 0.05) is 18.3 Å². The molecule has 0 aromatic rings. The van der Waals surface area contributed by atoms with Crippen LogP contribution in [0.1, 0.15) is 58.8 Å². The fourth-order valence-corrected chi connectivity index (χ4v) is 6.99. The maximum atomic E-state index is 12.4. The number of ether oxygens (including phenoxy) is 3. The first kappa shape index (κ1) is 14.5. The zero-order valence-electron chi connectivity index (χ0n) is 14.5. The average molecular weight is 330 g/mol. The Labute approximate surface area is 142 Å². The smallest absolute Gasteiger partial charge is 0.203 e. The largest absolute Gasteiger partial charge is 0.359 e. The summed E-state index contributed by atoms with van der Waals surface area (Å²) < 4.78 is 18.1. The highest BCUT2D eigenvalue weighted by atomic mass is 16.9. The maximum Gasteiger partial charge on any atom is 0.203 e. The van der Waals surface area contributed by atoms with Crippen LogP contribution in [0.25, 0.3) is 0 Å². The molecule has 3 saturated carbocycles. The fourth-order valence-electron chi connectivity index (χ4n) is 6.99. The number of fused-ring (bicyclic) bond motifs is 7. The first-order chi connectivity index (χ1) is 11.5. The van der Waals surface area contributed by atoms with E-state index >= 15 is 0 Å². The van der Waals surface area contributed by atoms with Gasteiger partial charge in [-0.1, -0.05) is 12.5 Å². The van der Waals surface area contributed by atoms with E-state index < -0.39 is 5.79 Å². The van der Waals surface area contributed by atoms with Crippen molar-refractivity contribution in [1.82, 2.24) is 0 Å². The Kier molecular flexibility index (Phi) is 2.61. The van der Waals surface area contributed by atoms with Gasteiger partial charge < -0.3 is 14.2 Å². The molecule has 24 heavy (non-hydrogen) atoms. The molecule has 5 fully saturated rings. The van der Waals surface area contributed by atoms with Crippen LogP contribution in [0.5, 0.6) is 0 Å². The van der Waals surface area contributed by atoms with Crippen molar-refractivity contribution in [2.75, 3.05) is 0 Å². The van der Waals surface area contributed by atoms with Crippen molar-refractivity contribution >= 4 is 5.78 Å². The Hall–Kier alpha value is -0.710. The Morgan fingerprint density at radius 1 is 1.12 bits per heavy atom. The van der Waals surface area contributed by atoms with Crippen molar-refractivity contribution in [2.24, 2.45) is 23.2 Å². The van der Waals surface area contributed by atoms with Crippen LogP contribution in [0.3, 0.4) is 0 Å². The summed E-state index contributed by atoms with van der Waals surface area (Å²) in [6, 6.07) is 0. The van der Waals surface area contributed by atoms with E-state index in [1.807, 2.05) is 6.92 Å². The summed E-state index contributed by atoms with van der Waals surface area (Å²) in [6.45, 7) is 4.21. The van der Waals surface area contributed by atoms with Crippen LogP contribution in [-0.4, -0.2) is 30.1 Å². The molecule has 0 bridgehead atoms.